The smallest absolute Gasteiger partial charge is 0.246 e. The third-order valence-corrected chi connectivity index (χ3v) is 8.10. The number of amides is 1. The zero-order valence-corrected chi connectivity index (χ0v) is 19.6. The fraction of sp³-hybridized carbons (Fsp3) is 0.333. The first-order valence-electron chi connectivity index (χ1n) is 10.9. The van der Waals surface area contributed by atoms with Crippen LogP contribution in [-0.4, -0.2) is 59.5 Å². The van der Waals surface area contributed by atoms with E-state index in [1.807, 2.05) is 30.3 Å². The summed E-state index contributed by atoms with van der Waals surface area (Å²) in [6.07, 6.45) is 0.164. The minimum Gasteiger partial charge on any atom is -0.340 e. The molecule has 0 atom stereocenters. The van der Waals surface area contributed by atoms with E-state index < -0.39 is 10.0 Å². The van der Waals surface area contributed by atoms with Crippen molar-refractivity contribution >= 4 is 15.9 Å². The number of nitrogens with zero attached hydrogens (tertiary/aromatic N) is 4. The predicted octanol–water partition coefficient (Wildman–Crippen LogP) is 2.76. The van der Waals surface area contributed by atoms with Gasteiger partial charge in [0.05, 0.1) is 24.4 Å². The number of benzene rings is 2. The second-order valence-corrected chi connectivity index (χ2v) is 10.1. The molecular formula is C24H27FN4O3S. The highest BCUT2D eigenvalue weighted by atomic mass is 32.2. The van der Waals surface area contributed by atoms with Crippen molar-refractivity contribution < 1.29 is 17.6 Å². The Bertz CT molecular complexity index is 1230. The van der Waals surface area contributed by atoms with Crippen LogP contribution in [0.5, 0.6) is 0 Å². The van der Waals surface area contributed by atoms with Crippen LogP contribution in [0.2, 0.25) is 0 Å². The molecule has 1 aliphatic rings. The average molecular weight is 471 g/mol. The summed E-state index contributed by atoms with van der Waals surface area (Å²) in [5.41, 5.74) is 2.85. The summed E-state index contributed by atoms with van der Waals surface area (Å²) in [4.78, 5) is 14.5. The number of hydrogen-bond donors (Lipinski definition) is 0. The Labute approximate surface area is 193 Å². The summed E-state index contributed by atoms with van der Waals surface area (Å²) in [5, 5.41) is 4.48. The lowest BCUT2D eigenvalue weighted by atomic mass is 10.1. The molecule has 0 saturated carbocycles. The minimum atomic E-state index is -3.74. The van der Waals surface area contributed by atoms with E-state index in [0.29, 0.717) is 31.0 Å². The van der Waals surface area contributed by atoms with Gasteiger partial charge >= 0.3 is 0 Å². The van der Waals surface area contributed by atoms with Crippen molar-refractivity contribution in [3.63, 3.8) is 0 Å². The number of rotatable bonds is 6. The van der Waals surface area contributed by atoms with Gasteiger partial charge in [-0.3, -0.25) is 9.48 Å². The second kappa shape index (κ2) is 9.44. The number of halogens is 1. The van der Waals surface area contributed by atoms with Gasteiger partial charge in [-0.1, -0.05) is 42.5 Å². The maximum absolute atomic E-state index is 13.4. The molecule has 1 aromatic heterocycles. The van der Waals surface area contributed by atoms with E-state index in [2.05, 4.69) is 5.10 Å². The van der Waals surface area contributed by atoms with Gasteiger partial charge in [0.15, 0.2) is 0 Å². The molecule has 4 rings (SSSR count). The van der Waals surface area contributed by atoms with Gasteiger partial charge in [0, 0.05) is 26.2 Å². The third-order valence-electron chi connectivity index (χ3n) is 5.95. The lowest BCUT2D eigenvalue weighted by Gasteiger charge is -2.34. The average Bonchev–Trinajstić information content (AvgIpc) is 3.09. The summed E-state index contributed by atoms with van der Waals surface area (Å²) >= 11 is 0. The fourth-order valence-corrected chi connectivity index (χ4v) is 5.95. The quantitative estimate of drug-likeness (QED) is 0.555. The van der Waals surface area contributed by atoms with E-state index in [9.17, 15) is 17.6 Å². The highest BCUT2D eigenvalue weighted by molar-refractivity contribution is 7.89. The third kappa shape index (κ3) is 4.99. The Balaban J connectivity index is 1.44. The second-order valence-electron chi connectivity index (χ2n) is 8.23. The molecule has 1 amide bonds. The summed E-state index contributed by atoms with van der Waals surface area (Å²) in [6.45, 7) is 5.06. The molecule has 0 radical (unpaired) electrons. The van der Waals surface area contributed by atoms with Crippen LogP contribution in [0.3, 0.4) is 0 Å². The Morgan fingerprint density at radius 3 is 2.21 bits per heavy atom. The first-order valence-corrected chi connectivity index (χ1v) is 12.3. The summed E-state index contributed by atoms with van der Waals surface area (Å²) in [5.74, 6) is -0.440. The summed E-state index contributed by atoms with van der Waals surface area (Å²) < 4.78 is 43.1. The standard InChI is InChI=1S/C24H27FN4O3S/c1-18-24(19(2)29(26-18)17-21-6-4-3-5-7-21)33(31,32)28-14-12-27(13-15-28)23(30)16-20-8-10-22(25)11-9-20/h3-11H,12-17H2,1-2H3. The monoisotopic (exact) mass is 470 g/mol. The molecule has 0 spiro atoms. The maximum atomic E-state index is 13.4. The molecule has 0 unspecified atom stereocenters. The van der Waals surface area contributed by atoms with Crippen molar-refractivity contribution in [1.82, 2.24) is 19.0 Å². The largest absolute Gasteiger partial charge is 0.340 e. The fourth-order valence-electron chi connectivity index (χ4n) is 4.16. The van der Waals surface area contributed by atoms with Gasteiger partial charge in [0.2, 0.25) is 15.9 Å². The van der Waals surface area contributed by atoms with Crippen molar-refractivity contribution in [1.29, 1.82) is 0 Å². The molecular weight excluding hydrogens is 443 g/mol. The molecule has 33 heavy (non-hydrogen) atoms. The van der Waals surface area contributed by atoms with Gasteiger partial charge in [0.1, 0.15) is 10.7 Å². The Kier molecular flexibility index (Phi) is 6.62. The molecule has 3 aromatic rings. The van der Waals surface area contributed by atoms with Crippen molar-refractivity contribution in [2.24, 2.45) is 0 Å². The zero-order chi connectivity index (χ0) is 23.6. The minimum absolute atomic E-state index is 0.0957. The Morgan fingerprint density at radius 2 is 1.58 bits per heavy atom. The Morgan fingerprint density at radius 1 is 0.939 bits per heavy atom. The number of aryl methyl sites for hydroxylation is 1. The van der Waals surface area contributed by atoms with Crippen LogP contribution in [-0.2, 0) is 27.8 Å². The molecule has 1 saturated heterocycles. The molecule has 1 fully saturated rings. The lowest BCUT2D eigenvalue weighted by Crippen LogP contribution is -2.51. The van der Waals surface area contributed by atoms with Crippen LogP contribution < -0.4 is 0 Å². The number of sulfonamides is 1. The Hall–Kier alpha value is -3.04. The lowest BCUT2D eigenvalue weighted by molar-refractivity contribution is -0.131. The SMILES string of the molecule is Cc1nn(Cc2ccccc2)c(C)c1S(=O)(=O)N1CCN(C(=O)Cc2ccc(F)cc2)CC1. The van der Waals surface area contributed by atoms with Crippen LogP contribution in [0.15, 0.2) is 59.5 Å². The van der Waals surface area contributed by atoms with Crippen LogP contribution in [0.4, 0.5) is 4.39 Å². The molecule has 9 heteroatoms. The van der Waals surface area contributed by atoms with E-state index in [-0.39, 0.29) is 36.1 Å². The highest BCUT2D eigenvalue weighted by Gasteiger charge is 2.34. The molecule has 1 aliphatic heterocycles. The summed E-state index contributed by atoms with van der Waals surface area (Å²) in [7, 11) is -3.74. The number of carbonyl (C=O) groups is 1. The van der Waals surface area contributed by atoms with E-state index in [0.717, 1.165) is 11.1 Å². The molecule has 0 aliphatic carbocycles. The molecule has 174 valence electrons. The molecule has 2 heterocycles. The summed E-state index contributed by atoms with van der Waals surface area (Å²) in [6, 6.07) is 15.6. The number of aromatic nitrogens is 2. The van der Waals surface area contributed by atoms with Gasteiger partial charge < -0.3 is 4.90 Å². The number of carbonyl (C=O) groups excluding carboxylic acids is 1. The van der Waals surface area contributed by atoms with Crippen LogP contribution in [0.25, 0.3) is 0 Å². The van der Waals surface area contributed by atoms with Crippen LogP contribution in [0.1, 0.15) is 22.5 Å². The van der Waals surface area contributed by atoms with Crippen molar-refractivity contribution in [2.45, 2.75) is 31.7 Å². The maximum Gasteiger partial charge on any atom is 0.246 e. The topological polar surface area (TPSA) is 75.5 Å². The van der Waals surface area contributed by atoms with Crippen LogP contribution >= 0.6 is 0 Å². The number of piperazine rings is 1. The highest BCUT2D eigenvalue weighted by Crippen LogP contribution is 2.25. The molecule has 2 aromatic carbocycles. The first kappa shape index (κ1) is 23.1. The normalized spacial score (nSPS) is 15.1. The van der Waals surface area contributed by atoms with Gasteiger partial charge in [-0.2, -0.15) is 9.40 Å². The molecule has 0 bridgehead atoms. The van der Waals surface area contributed by atoms with E-state index in [1.165, 1.54) is 16.4 Å². The van der Waals surface area contributed by atoms with Crippen LogP contribution in [0, 0.1) is 19.7 Å². The predicted molar refractivity (Wildman–Crippen MR) is 123 cm³/mol. The van der Waals surface area contributed by atoms with E-state index >= 15 is 0 Å². The zero-order valence-electron chi connectivity index (χ0n) is 18.7. The van der Waals surface area contributed by atoms with Crippen molar-refractivity contribution in [3.05, 3.63) is 82.9 Å². The van der Waals surface area contributed by atoms with Gasteiger partial charge in [-0.05, 0) is 37.1 Å². The van der Waals surface area contributed by atoms with Gasteiger partial charge in [-0.15, -0.1) is 0 Å². The van der Waals surface area contributed by atoms with E-state index in [1.54, 1.807) is 35.6 Å². The van der Waals surface area contributed by atoms with E-state index in [4.69, 9.17) is 0 Å². The van der Waals surface area contributed by atoms with Gasteiger partial charge in [-0.25, -0.2) is 12.8 Å². The molecule has 7 nitrogen and oxygen atoms in total. The van der Waals surface area contributed by atoms with Gasteiger partial charge in [0.25, 0.3) is 0 Å². The first-order chi connectivity index (χ1) is 15.8. The molecule has 0 N–H and O–H groups in total. The van der Waals surface area contributed by atoms with Crippen molar-refractivity contribution in [2.75, 3.05) is 26.2 Å². The van der Waals surface area contributed by atoms with Crippen molar-refractivity contribution in [3.8, 4) is 0 Å². The number of hydrogen-bond acceptors (Lipinski definition) is 4.